The van der Waals surface area contributed by atoms with Crippen molar-refractivity contribution in [1.82, 2.24) is 0 Å². The van der Waals surface area contributed by atoms with Gasteiger partial charge in [-0.25, -0.2) is 8.42 Å². The average molecular weight is 259 g/mol. The van der Waals surface area contributed by atoms with Crippen LogP contribution in [0.5, 0.6) is 0 Å². The average Bonchev–Trinajstić information content (AvgIpc) is 2.29. The summed E-state index contributed by atoms with van der Waals surface area (Å²) < 4.78 is 23.5. The fourth-order valence-electron chi connectivity index (χ4n) is 1.18. The number of benzene rings is 1. The summed E-state index contributed by atoms with van der Waals surface area (Å²) in [6.07, 6.45) is 1.95. The Hall–Kier alpha value is -0.520. The first kappa shape index (κ1) is 13.5. The molecule has 16 heavy (non-hydrogen) atoms. The van der Waals surface area contributed by atoms with Gasteiger partial charge >= 0.3 is 0 Å². The SMILES string of the molecule is CSc1ccc(S(=O)(=O)C(C)(C)CN)cc1. The van der Waals surface area contributed by atoms with Gasteiger partial charge in [-0.05, 0) is 44.4 Å². The van der Waals surface area contributed by atoms with E-state index in [2.05, 4.69) is 0 Å². The Balaban J connectivity index is 3.18. The van der Waals surface area contributed by atoms with Gasteiger partial charge in [-0.3, -0.25) is 0 Å². The van der Waals surface area contributed by atoms with E-state index in [1.807, 2.05) is 18.4 Å². The molecule has 5 heteroatoms. The van der Waals surface area contributed by atoms with E-state index in [0.717, 1.165) is 4.90 Å². The van der Waals surface area contributed by atoms with Crippen molar-refractivity contribution in [2.45, 2.75) is 28.4 Å². The first-order chi connectivity index (χ1) is 7.35. The molecule has 0 spiro atoms. The zero-order valence-corrected chi connectivity index (χ0v) is 11.4. The highest BCUT2D eigenvalue weighted by Crippen LogP contribution is 2.26. The Morgan fingerprint density at radius 3 is 2.12 bits per heavy atom. The lowest BCUT2D eigenvalue weighted by Gasteiger charge is -2.22. The first-order valence-electron chi connectivity index (χ1n) is 4.94. The lowest BCUT2D eigenvalue weighted by atomic mass is 10.2. The van der Waals surface area contributed by atoms with Crippen LogP contribution in [0.3, 0.4) is 0 Å². The number of thioether (sulfide) groups is 1. The van der Waals surface area contributed by atoms with Crippen molar-refractivity contribution < 1.29 is 8.42 Å². The van der Waals surface area contributed by atoms with E-state index in [1.165, 1.54) is 0 Å². The van der Waals surface area contributed by atoms with Crippen molar-refractivity contribution in [3.63, 3.8) is 0 Å². The second kappa shape index (κ2) is 4.77. The zero-order valence-electron chi connectivity index (χ0n) is 9.73. The molecule has 0 aliphatic carbocycles. The maximum Gasteiger partial charge on any atom is 0.184 e. The van der Waals surface area contributed by atoms with Gasteiger partial charge in [0.25, 0.3) is 0 Å². The predicted octanol–water partition coefficient (Wildman–Crippen LogP) is 1.92. The molecule has 0 fully saturated rings. The molecule has 0 saturated carbocycles. The van der Waals surface area contributed by atoms with Crippen LogP contribution >= 0.6 is 11.8 Å². The summed E-state index contributed by atoms with van der Waals surface area (Å²) in [7, 11) is -3.35. The maximum atomic E-state index is 12.2. The van der Waals surface area contributed by atoms with E-state index in [-0.39, 0.29) is 6.54 Å². The molecule has 0 radical (unpaired) electrons. The number of nitrogens with two attached hydrogens (primary N) is 1. The van der Waals surface area contributed by atoms with E-state index in [0.29, 0.717) is 4.90 Å². The van der Waals surface area contributed by atoms with Crippen molar-refractivity contribution in [3.05, 3.63) is 24.3 Å². The van der Waals surface area contributed by atoms with Crippen LogP contribution in [-0.4, -0.2) is 26.0 Å². The molecule has 1 aromatic rings. The van der Waals surface area contributed by atoms with E-state index < -0.39 is 14.6 Å². The molecule has 1 rings (SSSR count). The molecule has 3 nitrogen and oxygen atoms in total. The lowest BCUT2D eigenvalue weighted by Crippen LogP contribution is -2.39. The maximum absolute atomic E-state index is 12.2. The Morgan fingerprint density at radius 2 is 1.75 bits per heavy atom. The molecule has 0 aliphatic rings. The van der Waals surface area contributed by atoms with E-state index >= 15 is 0 Å². The Kier molecular flexibility index (Phi) is 4.04. The predicted molar refractivity (Wildman–Crippen MR) is 68.5 cm³/mol. The van der Waals surface area contributed by atoms with Gasteiger partial charge < -0.3 is 5.73 Å². The first-order valence-corrected chi connectivity index (χ1v) is 7.65. The monoisotopic (exact) mass is 259 g/mol. The molecule has 0 aliphatic heterocycles. The third kappa shape index (κ3) is 2.42. The number of hydrogen-bond acceptors (Lipinski definition) is 4. The minimum atomic E-state index is -3.35. The highest BCUT2D eigenvalue weighted by molar-refractivity contribution is 7.98. The molecular weight excluding hydrogens is 242 g/mol. The summed E-state index contributed by atoms with van der Waals surface area (Å²) in [5.41, 5.74) is 5.50. The summed E-state index contributed by atoms with van der Waals surface area (Å²) >= 11 is 1.58. The molecule has 0 atom stereocenters. The largest absolute Gasteiger partial charge is 0.329 e. The van der Waals surface area contributed by atoms with Gasteiger partial charge in [-0.1, -0.05) is 0 Å². The standard InChI is InChI=1S/C11H17NO2S2/c1-11(2,8-12)16(13,14)10-6-4-9(15-3)5-7-10/h4-7H,8,12H2,1-3H3. The Labute approximate surface area is 101 Å². The molecule has 1 aromatic carbocycles. The summed E-state index contributed by atoms with van der Waals surface area (Å²) in [4.78, 5) is 1.38. The summed E-state index contributed by atoms with van der Waals surface area (Å²) in [5.74, 6) is 0. The van der Waals surface area contributed by atoms with Gasteiger partial charge in [0.2, 0.25) is 0 Å². The second-order valence-corrected chi connectivity index (χ2v) is 7.61. The smallest absolute Gasteiger partial charge is 0.184 e. The molecule has 0 heterocycles. The molecule has 0 aromatic heterocycles. The molecule has 2 N–H and O–H groups in total. The van der Waals surface area contributed by atoms with Crippen LogP contribution in [0.15, 0.2) is 34.1 Å². The van der Waals surface area contributed by atoms with Crippen LogP contribution in [0.25, 0.3) is 0 Å². The molecular formula is C11H17NO2S2. The van der Waals surface area contributed by atoms with Crippen LogP contribution in [0, 0.1) is 0 Å². The van der Waals surface area contributed by atoms with Crippen LogP contribution in [0.4, 0.5) is 0 Å². The molecule has 0 amide bonds. The van der Waals surface area contributed by atoms with Crippen LogP contribution in [0.1, 0.15) is 13.8 Å². The normalized spacial score (nSPS) is 12.8. The molecule has 0 saturated heterocycles. The van der Waals surface area contributed by atoms with Crippen LogP contribution < -0.4 is 5.73 Å². The fourth-order valence-corrected chi connectivity index (χ4v) is 2.94. The van der Waals surface area contributed by atoms with Crippen molar-refractivity contribution in [2.75, 3.05) is 12.8 Å². The van der Waals surface area contributed by atoms with Gasteiger partial charge in [0.05, 0.1) is 9.64 Å². The minimum Gasteiger partial charge on any atom is -0.329 e. The third-order valence-electron chi connectivity index (χ3n) is 2.59. The fraction of sp³-hybridized carbons (Fsp3) is 0.455. The highest BCUT2D eigenvalue weighted by Gasteiger charge is 2.34. The topological polar surface area (TPSA) is 60.2 Å². The van der Waals surface area contributed by atoms with Gasteiger partial charge in [0, 0.05) is 11.4 Å². The summed E-state index contributed by atoms with van der Waals surface area (Å²) in [6, 6.07) is 6.89. The van der Waals surface area contributed by atoms with Crippen molar-refractivity contribution in [1.29, 1.82) is 0 Å². The van der Waals surface area contributed by atoms with Crippen molar-refractivity contribution in [3.8, 4) is 0 Å². The van der Waals surface area contributed by atoms with Gasteiger partial charge in [-0.15, -0.1) is 11.8 Å². The van der Waals surface area contributed by atoms with E-state index in [1.54, 1.807) is 37.7 Å². The van der Waals surface area contributed by atoms with E-state index in [9.17, 15) is 8.42 Å². The quantitative estimate of drug-likeness (QED) is 0.839. The van der Waals surface area contributed by atoms with Crippen LogP contribution in [0.2, 0.25) is 0 Å². The van der Waals surface area contributed by atoms with Gasteiger partial charge in [-0.2, -0.15) is 0 Å². The minimum absolute atomic E-state index is 0.111. The Morgan fingerprint density at radius 1 is 1.25 bits per heavy atom. The highest BCUT2D eigenvalue weighted by atomic mass is 32.2. The summed E-state index contributed by atoms with van der Waals surface area (Å²) in [6.45, 7) is 3.40. The van der Waals surface area contributed by atoms with Crippen molar-refractivity contribution in [2.24, 2.45) is 5.73 Å². The summed E-state index contributed by atoms with van der Waals surface area (Å²) in [5, 5.41) is 0. The number of hydrogen-bond donors (Lipinski definition) is 1. The Bertz CT molecular complexity index is 449. The third-order valence-corrected chi connectivity index (χ3v) is 5.85. The zero-order chi connectivity index (χ0) is 12.4. The number of sulfone groups is 1. The van der Waals surface area contributed by atoms with Gasteiger partial charge in [0.1, 0.15) is 0 Å². The lowest BCUT2D eigenvalue weighted by molar-refractivity contribution is 0.549. The second-order valence-electron chi connectivity index (χ2n) is 4.14. The molecule has 90 valence electrons. The molecule has 0 unspecified atom stereocenters. The van der Waals surface area contributed by atoms with Gasteiger partial charge in [0.15, 0.2) is 9.84 Å². The number of rotatable bonds is 4. The van der Waals surface area contributed by atoms with Crippen LogP contribution in [-0.2, 0) is 9.84 Å². The van der Waals surface area contributed by atoms with E-state index in [4.69, 9.17) is 5.73 Å². The van der Waals surface area contributed by atoms with Crippen molar-refractivity contribution >= 4 is 21.6 Å². The molecule has 0 bridgehead atoms.